The van der Waals surface area contributed by atoms with Crippen LogP contribution in [-0.4, -0.2) is 25.5 Å². The molecule has 0 radical (unpaired) electrons. The number of carbonyl (C=O) groups is 2. The first-order chi connectivity index (χ1) is 14.1. The first kappa shape index (κ1) is 19.9. The number of ether oxygens (including phenoxy) is 1. The number of hydrogen-bond donors (Lipinski definition) is 0. The average Bonchev–Trinajstić information content (AvgIpc) is 2.75. The molecular formula is C23H19FN2O3. The normalized spacial score (nSPS) is 11.0. The monoisotopic (exact) mass is 390 g/mol. The molecule has 0 aromatic heterocycles. The van der Waals surface area contributed by atoms with E-state index in [4.69, 9.17) is 4.74 Å². The van der Waals surface area contributed by atoms with Crippen molar-refractivity contribution in [2.45, 2.75) is 6.54 Å². The van der Waals surface area contributed by atoms with Gasteiger partial charge in [-0.25, -0.2) is 9.38 Å². The second-order valence-corrected chi connectivity index (χ2v) is 6.29. The Morgan fingerprint density at radius 3 is 2.38 bits per heavy atom. The molecule has 0 bridgehead atoms. The fourth-order valence-electron chi connectivity index (χ4n) is 2.77. The summed E-state index contributed by atoms with van der Waals surface area (Å²) in [6.45, 7) is 0.327. The number of carbonyl (C=O) groups excluding carboxylic acids is 2. The molecular weight excluding hydrogens is 371 g/mol. The number of nitrogens with zero attached hydrogens (tertiary/aromatic N) is 2. The van der Waals surface area contributed by atoms with E-state index in [1.165, 1.54) is 6.07 Å². The summed E-state index contributed by atoms with van der Waals surface area (Å²) in [6.07, 6.45) is 1.24. The molecule has 0 fully saturated rings. The summed E-state index contributed by atoms with van der Waals surface area (Å²) >= 11 is 0. The van der Waals surface area contributed by atoms with Gasteiger partial charge < -0.3 is 9.64 Å². The maximum absolute atomic E-state index is 14.0. The van der Waals surface area contributed by atoms with Crippen LogP contribution < -0.4 is 9.64 Å². The number of aldehydes is 2. The summed E-state index contributed by atoms with van der Waals surface area (Å²) in [6, 6.07) is 20.1. The van der Waals surface area contributed by atoms with Crippen molar-refractivity contribution in [1.82, 2.24) is 0 Å². The van der Waals surface area contributed by atoms with E-state index in [1.54, 1.807) is 54.6 Å². The zero-order chi connectivity index (χ0) is 20.6. The van der Waals surface area contributed by atoms with Gasteiger partial charge >= 0.3 is 0 Å². The Bertz CT molecular complexity index is 1030. The van der Waals surface area contributed by atoms with Crippen molar-refractivity contribution in [2.24, 2.45) is 4.99 Å². The van der Waals surface area contributed by atoms with Crippen LogP contribution in [-0.2, 0) is 11.3 Å². The van der Waals surface area contributed by atoms with E-state index in [2.05, 4.69) is 4.99 Å². The SMILES string of the molecule is CN(Cc1ccccc1F)c1ccccc1OC(C=O)=Nc1ccc(C=O)cc1. The van der Waals surface area contributed by atoms with E-state index < -0.39 is 0 Å². The fraction of sp³-hybridized carbons (Fsp3) is 0.0870. The largest absolute Gasteiger partial charge is 0.434 e. The van der Waals surface area contributed by atoms with Gasteiger partial charge in [-0.2, -0.15) is 0 Å². The first-order valence-corrected chi connectivity index (χ1v) is 8.91. The standard InChI is InChI=1S/C23H19FN2O3/c1-26(14-18-6-2-3-7-20(18)24)21-8-4-5-9-22(21)29-23(16-28)25-19-12-10-17(15-27)11-13-19/h2-13,15-16H,14H2,1H3. The highest BCUT2D eigenvalue weighted by Gasteiger charge is 2.13. The van der Waals surface area contributed by atoms with E-state index in [9.17, 15) is 14.0 Å². The molecule has 0 saturated heterocycles. The zero-order valence-corrected chi connectivity index (χ0v) is 15.8. The third kappa shape index (κ3) is 5.13. The molecule has 0 aliphatic carbocycles. The van der Waals surface area contributed by atoms with Crippen molar-refractivity contribution in [3.8, 4) is 5.75 Å². The number of rotatable bonds is 7. The molecule has 6 heteroatoms. The van der Waals surface area contributed by atoms with Crippen LogP contribution in [0.5, 0.6) is 5.75 Å². The van der Waals surface area contributed by atoms with E-state index in [0.717, 1.165) is 6.29 Å². The number of halogens is 1. The van der Waals surface area contributed by atoms with E-state index in [1.807, 2.05) is 24.1 Å². The molecule has 5 nitrogen and oxygen atoms in total. The van der Waals surface area contributed by atoms with Gasteiger partial charge in [0.05, 0.1) is 11.4 Å². The second-order valence-electron chi connectivity index (χ2n) is 6.29. The first-order valence-electron chi connectivity index (χ1n) is 8.91. The van der Waals surface area contributed by atoms with Crippen LogP contribution in [0.2, 0.25) is 0 Å². The maximum Gasteiger partial charge on any atom is 0.260 e. The van der Waals surface area contributed by atoms with Crippen LogP contribution in [0.1, 0.15) is 15.9 Å². The Morgan fingerprint density at radius 2 is 1.69 bits per heavy atom. The molecule has 146 valence electrons. The van der Waals surface area contributed by atoms with E-state index >= 15 is 0 Å². The van der Waals surface area contributed by atoms with Gasteiger partial charge in [-0.3, -0.25) is 9.59 Å². The quantitative estimate of drug-likeness (QED) is 0.337. The molecule has 0 heterocycles. The van der Waals surface area contributed by atoms with Crippen LogP contribution in [0, 0.1) is 5.82 Å². The molecule has 0 amide bonds. The molecule has 3 aromatic rings. The lowest BCUT2D eigenvalue weighted by Gasteiger charge is -2.22. The van der Waals surface area contributed by atoms with Crippen LogP contribution in [0.15, 0.2) is 77.8 Å². The van der Waals surface area contributed by atoms with Crippen molar-refractivity contribution in [3.63, 3.8) is 0 Å². The molecule has 0 aliphatic rings. The topological polar surface area (TPSA) is 59.0 Å². The van der Waals surface area contributed by atoms with E-state index in [0.29, 0.717) is 41.1 Å². The van der Waals surface area contributed by atoms with Crippen molar-refractivity contribution in [2.75, 3.05) is 11.9 Å². The smallest absolute Gasteiger partial charge is 0.260 e. The summed E-state index contributed by atoms with van der Waals surface area (Å²) in [5.74, 6) is 0.00367. The van der Waals surface area contributed by atoms with Gasteiger partial charge in [0.25, 0.3) is 5.90 Å². The molecule has 29 heavy (non-hydrogen) atoms. The van der Waals surface area contributed by atoms with Gasteiger partial charge in [0.1, 0.15) is 12.1 Å². The Balaban J connectivity index is 1.83. The van der Waals surface area contributed by atoms with Crippen LogP contribution >= 0.6 is 0 Å². The minimum atomic E-state index is -0.285. The summed E-state index contributed by atoms with van der Waals surface area (Å²) in [5, 5.41) is 0. The predicted octanol–water partition coefficient (Wildman–Crippen LogP) is 4.58. The van der Waals surface area contributed by atoms with Crippen LogP contribution in [0.25, 0.3) is 0 Å². The number of benzene rings is 3. The van der Waals surface area contributed by atoms with Gasteiger partial charge in [-0.05, 0) is 42.5 Å². The van der Waals surface area contributed by atoms with Crippen LogP contribution in [0.3, 0.4) is 0 Å². The van der Waals surface area contributed by atoms with Crippen molar-refractivity contribution in [1.29, 1.82) is 0 Å². The Labute approximate surface area is 168 Å². The summed E-state index contributed by atoms with van der Waals surface area (Å²) in [4.78, 5) is 28.2. The lowest BCUT2D eigenvalue weighted by molar-refractivity contribution is -0.103. The third-order valence-electron chi connectivity index (χ3n) is 4.23. The molecule has 3 aromatic carbocycles. The number of anilines is 1. The van der Waals surface area contributed by atoms with Gasteiger partial charge in [0, 0.05) is 24.7 Å². The highest BCUT2D eigenvalue weighted by Crippen LogP contribution is 2.29. The average molecular weight is 390 g/mol. The Kier molecular flexibility index (Phi) is 6.47. The Morgan fingerprint density at radius 1 is 1.00 bits per heavy atom. The molecule has 0 atom stereocenters. The highest BCUT2D eigenvalue weighted by molar-refractivity contribution is 6.25. The van der Waals surface area contributed by atoms with Crippen molar-refractivity contribution < 1.29 is 18.7 Å². The number of hydrogen-bond acceptors (Lipinski definition) is 5. The maximum atomic E-state index is 14.0. The van der Waals surface area contributed by atoms with Crippen molar-refractivity contribution in [3.05, 3.63) is 89.7 Å². The summed E-state index contributed by atoms with van der Waals surface area (Å²) in [7, 11) is 1.81. The molecule has 0 aliphatic heterocycles. The molecule has 0 N–H and O–H groups in total. The number of aliphatic imine (C=N–C) groups is 1. The predicted molar refractivity (Wildman–Crippen MR) is 111 cm³/mol. The molecule has 0 spiro atoms. The van der Waals surface area contributed by atoms with Crippen LogP contribution in [0.4, 0.5) is 15.8 Å². The lowest BCUT2D eigenvalue weighted by Crippen LogP contribution is -2.19. The Hall–Kier alpha value is -3.80. The van der Waals surface area contributed by atoms with Gasteiger partial charge in [0.2, 0.25) is 6.29 Å². The number of para-hydroxylation sites is 2. The second kappa shape index (κ2) is 9.41. The summed E-state index contributed by atoms with van der Waals surface area (Å²) in [5.41, 5.74) is 2.22. The zero-order valence-electron chi connectivity index (χ0n) is 15.8. The molecule has 0 unspecified atom stereocenters. The van der Waals surface area contributed by atoms with Gasteiger partial charge in [0.15, 0.2) is 5.75 Å². The summed E-state index contributed by atoms with van der Waals surface area (Å²) < 4.78 is 19.7. The highest BCUT2D eigenvalue weighted by atomic mass is 19.1. The van der Waals surface area contributed by atoms with Gasteiger partial charge in [-0.15, -0.1) is 0 Å². The van der Waals surface area contributed by atoms with Crippen molar-refractivity contribution >= 4 is 29.8 Å². The molecule has 3 rings (SSSR count). The fourth-order valence-corrected chi connectivity index (χ4v) is 2.77. The van der Waals surface area contributed by atoms with E-state index in [-0.39, 0.29) is 11.7 Å². The molecule has 0 saturated carbocycles. The van der Waals surface area contributed by atoms with Gasteiger partial charge in [-0.1, -0.05) is 30.3 Å². The third-order valence-corrected chi connectivity index (χ3v) is 4.23. The minimum absolute atomic E-state index is 0.129. The minimum Gasteiger partial charge on any atom is -0.434 e. The lowest BCUT2D eigenvalue weighted by atomic mass is 10.2.